The average molecular weight is 228 g/mol. The van der Waals surface area contributed by atoms with E-state index in [2.05, 4.69) is 45.0 Å². The molecule has 1 saturated carbocycles. The minimum atomic E-state index is -0.128. The molecule has 96 valence electrons. The van der Waals surface area contributed by atoms with Crippen molar-refractivity contribution in [2.75, 3.05) is 20.1 Å². The summed E-state index contributed by atoms with van der Waals surface area (Å²) >= 11 is 0. The summed E-state index contributed by atoms with van der Waals surface area (Å²) in [5.74, 6) is 0. The van der Waals surface area contributed by atoms with Crippen molar-refractivity contribution in [1.82, 2.24) is 10.2 Å². The average Bonchev–Trinajstić information content (AvgIpc) is 2.26. The molecule has 0 radical (unpaired) electrons. The summed E-state index contributed by atoms with van der Waals surface area (Å²) in [6.07, 6.45) is 1.97. The van der Waals surface area contributed by atoms with Crippen LogP contribution in [0.15, 0.2) is 0 Å². The van der Waals surface area contributed by atoms with Crippen molar-refractivity contribution < 1.29 is 5.11 Å². The van der Waals surface area contributed by atoms with Gasteiger partial charge in [0.25, 0.3) is 0 Å². The zero-order valence-electron chi connectivity index (χ0n) is 11.5. The SMILES string of the molecule is CCC(C)N(C)CCNC1CC(O)C1(C)C. The van der Waals surface area contributed by atoms with E-state index in [4.69, 9.17) is 0 Å². The first-order valence-electron chi connectivity index (χ1n) is 6.51. The third-order valence-corrected chi connectivity index (χ3v) is 4.41. The van der Waals surface area contributed by atoms with Crippen LogP contribution in [0.4, 0.5) is 0 Å². The third kappa shape index (κ3) is 2.96. The highest BCUT2D eigenvalue weighted by Crippen LogP contribution is 2.40. The van der Waals surface area contributed by atoms with E-state index in [0.29, 0.717) is 12.1 Å². The van der Waals surface area contributed by atoms with Gasteiger partial charge in [0.05, 0.1) is 6.10 Å². The summed E-state index contributed by atoms with van der Waals surface area (Å²) in [6, 6.07) is 1.13. The molecule has 0 aliphatic heterocycles. The maximum absolute atomic E-state index is 9.63. The molecule has 3 unspecified atom stereocenters. The molecule has 2 N–H and O–H groups in total. The molecule has 0 saturated heterocycles. The van der Waals surface area contributed by atoms with Gasteiger partial charge in [-0.1, -0.05) is 20.8 Å². The highest BCUT2D eigenvalue weighted by Gasteiger charge is 2.46. The van der Waals surface area contributed by atoms with E-state index in [1.165, 1.54) is 6.42 Å². The van der Waals surface area contributed by atoms with E-state index in [0.717, 1.165) is 19.5 Å². The molecule has 1 rings (SSSR count). The molecular formula is C13H28N2O. The van der Waals surface area contributed by atoms with Crippen LogP contribution >= 0.6 is 0 Å². The van der Waals surface area contributed by atoms with E-state index in [1.807, 2.05) is 0 Å². The minimum Gasteiger partial charge on any atom is -0.392 e. The summed E-state index contributed by atoms with van der Waals surface area (Å²) in [4.78, 5) is 2.38. The normalized spacial score (nSPS) is 30.2. The maximum Gasteiger partial charge on any atom is 0.0621 e. The fourth-order valence-electron chi connectivity index (χ4n) is 2.20. The lowest BCUT2D eigenvalue weighted by molar-refractivity contribution is -0.0726. The van der Waals surface area contributed by atoms with Crippen molar-refractivity contribution in [3.05, 3.63) is 0 Å². The van der Waals surface area contributed by atoms with Crippen molar-refractivity contribution in [2.24, 2.45) is 5.41 Å². The molecule has 0 spiro atoms. The van der Waals surface area contributed by atoms with Crippen molar-refractivity contribution in [3.63, 3.8) is 0 Å². The van der Waals surface area contributed by atoms with Gasteiger partial charge < -0.3 is 15.3 Å². The van der Waals surface area contributed by atoms with E-state index < -0.39 is 0 Å². The van der Waals surface area contributed by atoms with Gasteiger partial charge in [-0.05, 0) is 26.8 Å². The van der Waals surface area contributed by atoms with Gasteiger partial charge in [0.2, 0.25) is 0 Å². The Bertz CT molecular complexity index is 218. The topological polar surface area (TPSA) is 35.5 Å². The van der Waals surface area contributed by atoms with Crippen LogP contribution in [0, 0.1) is 5.41 Å². The molecule has 0 heterocycles. The molecule has 0 bridgehead atoms. The van der Waals surface area contributed by atoms with Crippen molar-refractivity contribution in [3.8, 4) is 0 Å². The van der Waals surface area contributed by atoms with Gasteiger partial charge in [-0.2, -0.15) is 0 Å². The Kier molecular flexibility index (Phi) is 4.77. The van der Waals surface area contributed by atoms with Gasteiger partial charge in [-0.3, -0.25) is 0 Å². The zero-order chi connectivity index (χ0) is 12.3. The second kappa shape index (κ2) is 5.48. The third-order valence-electron chi connectivity index (χ3n) is 4.41. The summed E-state index contributed by atoms with van der Waals surface area (Å²) in [5, 5.41) is 13.2. The standard InChI is InChI=1S/C13H28N2O/c1-6-10(2)15(5)8-7-14-11-9-12(16)13(11,3)4/h10-12,14,16H,6-9H2,1-5H3. The van der Waals surface area contributed by atoms with Gasteiger partial charge >= 0.3 is 0 Å². The zero-order valence-corrected chi connectivity index (χ0v) is 11.5. The number of nitrogens with one attached hydrogen (secondary N) is 1. The Hall–Kier alpha value is -0.120. The maximum atomic E-state index is 9.63. The number of aliphatic hydroxyl groups excluding tert-OH is 1. The molecular weight excluding hydrogens is 200 g/mol. The fourth-order valence-corrected chi connectivity index (χ4v) is 2.20. The largest absolute Gasteiger partial charge is 0.392 e. The molecule has 0 aromatic carbocycles. The van der Waals surface area contributed by atoms with E-state index in [1.54, 1.807) is 0 Å². The number of hydrogen-bond acceptors (Lipinski definition) is 3. The molecule has 3 atom stereocenters. The summed E-state index contributed by atoms with van der Waals surface area (Å²) in [7, 11) is 2.18. The van der Waals surface area contributed by atoms with Crippen LogP contribution in [0.3, 0.4) is 0 Å². The van der Waals surface area contributed by atoms with Gasteiger partial charge in [0.15, 0.2) is 0 Å². The summed E-state index contributed by atoms with van der Waals surface area (Å²) < 4.78 is 0. The number of likely N-dealkylation sites (N-methyl/N-ethyl adjacent to an activating group) is 1. The van der Waals surface area contributed by atoms with Crippen LogP contribution in [0.25, 0.3) is 0 Å². The van der Waals surface area contributed by atoms with Crippen LogP contribution in [0.5, 0.6) is 0 Å². The molecule has 1 aliphatic carbocycles. The monoisotopic (exact) mass is 228 g/mol. The predicted molar refractivity (Wildman–Crippen MR) is 68.6 cm³/mol. The van der Waals surface area contributed by atoms with Crippen molar-refractivity contribution in [1.29, 1.82) is 0 Å². The second-order valence-corrected chi connectivity index (χ2v) is 5.82. The quantitative estimate of drug-likeness (QED) is 0.722. The van der Waals surface area contributed by atoms with Crippen LogP contribution in [-0.2, 0) is 0 Å². The first-order valence-corrected chi connectivity index (χ1v) is 6.51. The Balaban J connectivity index is 2.17. The number of nitrogens with zero attached hydrogens (tertiary/aromatic N) is 1. The van der Waals surface area contributed by atoms with Crippen LogP contribution < -0.4 is 5.32 Å². The highest BCUT2D eigenvalue weighted by molar-refractivity contribution is 5.01. The molecule has 0 aromatic rings. The number of hydrogen-bond donors (Lipinski definition) is 2. The molecule has 0 amide bonds. The lowest BCUT2D eigenvalue weighted by atomic mass is 9.64. The van der Waals surface area contributed by atoms with Crippen LogP contribution in [0.2, 0.25) is 0 Å². The lowest BCUT2D eigenvalue weighted by Gasteiger charge is -2.49. The fraction of sp³-hybridized carbons (Fsp3) is 1.00. The molecule has 16 heavy (non-hydrogen) atoms. The molecule has 0 aromatic heterocycles. The van der Waals surface area contributed by atoms with Gasteiger partial charge in [-0.15, -0.1) is 0 Å². The Labute approximate surface area is 100 Å². The Morgan fingerprint density at radius 3 is 2.56 bits per heavy atom. The van der Waals surface area contributed by atoms with Gasteiger partial charge in [-0.25, -0.2) is 0 Å². The second-order valence-electron chi connectivity index (χ2n) is 5.82. The smallest absolute Gasteiger partial charge is 0.0621 e. The Morgan fingerprint density at radius 1 is 1.50 bits per heavy atom. The number of rotatable bonds is 6. The Morgan fingerprint density at radius 2 is 2.12 bits per heavy atom. The summed E-state index contributed by atoms with van der Waals surface area (Å²) in [5.41, 5.74) is 0.0505. The van der Waals surface area contributed by atoms with Crippen LogP contribution in [0.1, 0.15) is 40.5 Å². The molecule has 3 heteroatoms. The predicted octanol–water partition coefficient (Wildman–Crippen LogP) is 1.47. The van der Waals surface area contributed by atoms with Crippen molar-refractivity contribution in [2.45, 2.75) is 58.7 Å². The molecule has 1 fully saturated rings. The first-order chi connectivity index (χ1) is 7.39. The first kappa shape index (κ1) is 13.9. The highest BCUT2D eigenvalue weighted by atomic mass is 16.3. The molecule has 1 aliphatic rings. The number of aliphatic hydroxyl groups is 1. The van der Waals surface area contributed by atoms with E-state index >= 15 is 0 Å². The molecule has 3 nitrogen and oxygen atoms in total. The van der Waals surface area contributed by atoms with Crippen LogP contribution in [-0.4, -0.2) is 48.3 Å². The van der Waals surface area contributed by atoms with Crippen molar-refractivity contribution >= 4 is 0 Å². The minimum absolute atomic E-state index is 0.0505. The van der Waals surface area contributed by atoms with E-state index in [-0.39, 0.29) is 11.5 Å². The van der Waals surface area contributed by atoms with Gasteiger partial charge in [0, 0.05) is 30.6 Å². The van der Waals surface area contributed by atoms with Gasteiger partial charge in [0.1, 0.15) is 0 Å². The van der Waals surface area contributed by atoms with E-state index in [9.17, 15) is 5.11 Å². The lowest BCUT2D eigenvalue weighted by Crippen LogP contribution is -2.60. The summed E-state index contributed by atoms with van der Waals surface area (Å²) in [6.45, 7) is 10.9.